The fourth-order valence-corrected chi connectivity index (χ4v) is 2.65. The minimum atomic E-state index is -1.10. The van der Waals surface area contributed by atoms with Crippen LogP contribution in [0.5, 0.6) is 0 Å². The van der Waals surface area contributed by atoms with Crippen molar-refractivity contribution in [3.05, 3.63) is 0 Å². The van der Waals surface area contributed by atoms with E-state index in [4.69, 9.17) is 9.84 Å². The van der Waals surface area contributed by atoms with Gasteiger partial charge in [0.15, 0.2) is 0 Å². The van der Waals surface area contributed by atoms with Gasteiger partial charge in [-0.2, -0.15) is 0 Å². The van der Waals surface area contributed by atoms with Gasteiger partial charge in [-0.25, -0.2) is 4.79 Å². The minimum absolute atomic E-state index is 0.0679. The highest BCUT2D eigenvalue weighted by molar-refractivity contribution is 5.91. The Morgan fingerprint density at radius 2 is 2.10 bits per heavy atom. The van der Waals surface area contributed by atoms with Crippen LogP contribution in [-0.4, -0.2) is 77.2 Å². The van der Waals surface area contributed by atoms with Gasteiger partial charge in [-0.05, 0) is 13.8 Å². The Balaban J connectivity index is 2.14. The molecule has 2 heterocycles. The van der Waals surface area contributed by atoms with Gasteiger partial charge in [0, 0.05) is 19.6 Å². The molecule has 0 saturated carbocycles. The number of hydrogen-bond donors (Lipinski definition) is 2. The summed E-state index contributed by atoms with van der Waals surface area (Å²) >= 11 is 0. The molecule has 0 aromatic carbocycles. The molecular weight excluding hydrogens is 278 g/mol. The van der Waals surface area contributed by atoms with Crippen molar-refractivity contribution in [1.82, 2.24) is 15.1 Å². The summed E-state index contributed by atoms with van der Waals surface area (Å²) in [5, 5.41) is 11.5. The molecule has 8 nitrogen and oxygen atoms in total. The SMILES string of the molecule is CC1CN(C(=O)N2CCNC(=O)C2CC(=O)O)C(C)CO1. The molecule has 2 saturated heterocycles. The lowest BCUT2D eigenvalue weighted by atomic mass is 10.1. The monoisotopic (exact) mass is 299 g/mol. The minimum Gasteiger partial charge on any atom is -0.481 e. The van der Waals surface area contributed by atoms with E-state index in [0.29, 0.717) is 26.2 Å². The summed E-state index contributed by atoms with van der Waals surface area (Å²) in [4.78, 5) is 38.5. The molecule has 2 aliphatic heterocycles. The lowest BCUT2D eigenvalue weighted by Crippen LogP contribution is -2.63. The number of carbonyl (C=O) groups excluding carboxylic acids is 2. The Bertz CT molecular complexity index is 442. The molecular formula is C13H21N3O5. The largest absolute Gasteiger partial charge is 0.481 e. The molecule has 0 aromatic rings. The number of ether oxygens (including phenoxy) is 1. The van der Waals surface area contributed by atoms with Crippen molar-refractivity contribution >= 4 is 17.9 Å². The fourth-order valence-electron chi connectivity index (χ4n) is 2.65. The van der Waals surface area contributed by atoms with Gasteiger partial charge in [0.2, 0.25) is 5.91 Å². The van der Waals surface area contributed by atoms with Crippen molar-refractivity contribution in [3.8, 4) is 0 Å². The molecule has 0 aromatic heterocycles. The zero-order chi connectivity index (χ0) is 15.6. The Labute approximate surface area is 123 Å². The number of urea groups is 1. The number of carbonyl (C=O) groups is 3. The third-order valence-corrected chi connectivity index (χ3v) is 3.80. The topological polar surface area (TPSA) is 99.2 Å². The average molecular weight is 299 g/mol. The summed E-state index contributed by atoms with van der Waals surface area (Å²) in [5.74, 6) is -1.51. The zero-order valence-electron chi connectivity index (χ0n) is 12.2. The second-order valence-corrected chi connectivity index (χ2v) is 5.53. The number of amides is 3. The summed E-state index contributed by atoms with van der Waals surface area (Å²) in [5.41, 5.74) is 0. The standard InChI is InChI=1S/C13H21N3O5/c1-8-7-21-9(2)6-16(8)13(20)15-4-3-14-12(19)10(15)5-11(17)18/h8-10H,3-7H2,1-2H3,(H,14,19)(H,17,18). The molecule has 3 unspecified atom stereocenters. The van der Waals surface area contributed by atoms with E-state index in [2.05, 4.69) is 5.32 Å². The van der Waals surface area contributed by atoms with Gasteiger partial charge in [-0.3, -0.25) is 9.59 Å². The summed E-state index contributed by atoms with van der Waals surface area (Å²) in [6.45, 7) is 5.30. The quantitative estimate of drug-likeness (QED) is 0.715. The molecule has 3 atom stereocenters. The molecule has 0 aliphatic carbocycles. The van der Waals surface area contributed by atoms with Crippen molar-refractivity contribution in [1.29, 1.82) is 0 Å². The zero-order valence-corrected chi connectivity index (χ0v) is 12.2. The van der Waals surface area contributed by atoms with Crippen LogP contribution >= 0.6 is 0 Å². The number of morpholine rings is 1. The van der Waals surface area contributed by atoms with Gasteiger partial charge in [-0.15, -0.1) is 0 Å². The van der Waals surface area contributed by atoms with Crippen LogP contribution in [0, 0.1) is 0 Å². The van der Waals surface area contributed by atoms with E-state index in [1.807, 2.05) is 13.8 Å². The number of carboxylic acids is 1. The molecule has 0 bridgehead atoms. The molecule has 2 fully saturated rings. The number of hydrogen-bond acceptors (Lipinski definition) is 4. The first-order valence-electron chi connectivity index (χ1n) is 7.08. The van der Waals surface area contributed by atoms with Crippen molar-refractivity contribution in [2.75, 3.05) is 26.2 Å². The molecule has 8 heteroatoms. The van der Waals surface area contributed by atoms with E-state index >= 15 is 0 Å². The summed E-state index contributed by atoms with van der Waals surface area (Å²) in [7, 11) is 0. The first kappa shape index (κ1) is 15.6. The van der Waals surface area contributed by atoms with E-state index in [-0.39, 0.29) is 24.6 Å². The second kappa shape index (κ2) is 6.30. The normalized spacial score (nSPS) is 30.0. The highest BCUT2D eigenvalue weighted by Gasteiger charge is 2.39. The third-order valence-electron chi connectivity index (χ3n) is 3.80. The molecule has 0 spiro atoms. The Morgan fingerprint density at radius 3 is 2.76 bits per heavy atom. The molecule has 118 valence electrons. The number of carboxylic acid groups (broad SMARTS) is 1. The number of nitrogens with zero attached hydrogens (tertiary/aromatic N) is 2. The Morgan fingerprint density at radius 1 is 1.38 bits per heavy atom. The van der Waals surface area contributed by atoms with Crippen LogP contribution in [-0.2, 0) is 14.3 Å². The maximum atomic E-state index is 12.7. The van der Waals surface area contributed by atoms with E-state index in [1.54, 1.807) is 4.90 Å². The van der Waals surface area contributed by atoms with Crippen molar-refractivity contribution in [2.24, 2.45) is 0 Å². The lowest BCUT2D eigenvalue weighted by Gasteiger charge is -2.42. The number of piperazine rings is 1. The van der Waals surface area contributed by atoms with Gasteiger partial charge in [0.25, 0.3) is 0 Å². The van der Waals surface area contributed by atoms with Gasteiger partial charge in [0.05, 0.1) is 25.2 Å². The van der Waals surface area contributed by atoms with Crippen LogP contribution in [0.1, 0.15) is 20.3 Å². The second-order valence-electron chi connectivity index (χ2n) is 5.53. The summed E-state index contributed by atoms with van der Waals surface area (Å²) in [6.07, 6.45) is -0.451. The Kier molecular flexibility index (Phi) is 4.66. The van der Waals surface area contributed by atoms with E-state index in [1.165, 1.54) is 4.90 Å². The molecule has 3 amide bonds. The van der Waals surface area contributed by atoms with Crippen molar-refractivity contribution in [2.45, 2.75) is 38.5 Å². The van der Waals surface area contributed by atoms with Crippen LogP contribution in [0.25, 0.3) is 0 Å². The maximum Gasteiger partial charge on any atom is 0.321 e. The maximum absolute atomic E-state index is 12.7. The predicted molar refractivity (Wildman–Crippen MR) is 72.7 cm³/mol. The summed E-state index contributed by atoms with van der Waals surface area (Å²) < 4.78 is 5.48. The smallest absolute Gasteiger partial charge is 0.321 e. The van der Waals surface area contributed by atoms with Gasteiger partial charge in [0.1, 0.15) is 6.04 Å². The number of nitrogens with one attached hydrogen (secondary N) is 1. The summed E-state index contributed by atoms with van der Waals surface area (Å²) in [6, 6.07) is -1.34. The van der Waals surface area contributed by atoms with E-state index in [9.17, 15) is 14.4 Å². The van der Waals surface area contributed by atoms with Crippen molar-refractivity contribution < 1.29 is 24.2 Å². The van der Waals surface area contributed by atoms with Gasteiger partial charge >= 0.3 is 12.0 Å². The number of rotatable bonds is 2. The van der Waals surface area contributed by atoms with Gasteiger partial charge in [-0.1, -0.05) is 0 Å². The molecule has 2 rings (SSSR count). The fraction of sp³-hybridized carbons (Fsp3) is 0.769. The third kappa shape index (κ3) is 3.44. The Hall–Kier alpha value is -1.83. The average Bonchev–Trinajstić information content (AvgIpc) is 2.42. The van der Waals surface area contributed by atoms with Crippen molar-refractivity contribution in [3.63, 3.8) is 0 Å². The van der Waals surface area contributed by atoms with E-state index < -0.39 is 17.9 Å². The number of aliphatic carboxylic acids is 1. The van der Waals surface area contributed by atoms with E-state index in [0.717, 1.165) is 0 Å². The first-order chi connectivity index (χ1) is 9.90. The molecule has 2 N–H and O–H groups in total. The van der Waals surface area contributed by atoms with Crippen LogP contribution in [0.4, 0.5) is 4.79 Å². The van der Waals surface area contributed by atoms with Crippen LogP contribution < -0.4 is 5.32 Å². The molecule has 2 aliphatic rings. The molecule has 21 heavy (non-hydrogen) atoms. The van der Waals surface area contributed by atoms with Gasteiger partial charge < -0.3 is 25.0 Å². The molecule has 0 radical (unpaired) electrons. The van der Waals surface area contributed by atoms with Crippen LogP contribution in [0.3, 0.4) is 0 Å². The lowest BCUT2D eigenvalue weighted by molar-refractivity contribution is -0.142. The predicted octanol–water partition coefficient (Wildman–Crippen LogP) is -0.509. The van der Waals surface area contributed by atoms with Crippen LogP contribution in [0.15, 0.2) is 0 Å². The highest BCUT2D eigenvalue weighted by atomic mass is 16.5. The van der Waals surface area contributed by atoms with Crippen LogP contribution in [0.2, 0.25) is 0 Å². The first-order valence-corrected chi connectivity index (χ1v) is 7.08. The highest BCUT2D eigenvalue weighted by Crippen LogP contribution is 2.18.